The van der Waals surface area contributed by atoms with Crippen LogP contribution in [-0.4, -0.2) is 19.2 Å². The fraction of sp³-hybridized carbons (Fsp3) is 0.125. The summed E-state index contributed by atoms with van der Waals surface area (Å²) in [4.78, 5) is 11.7. The number of benzene rings is 2. The van der Waals surface area contributed by atoms with Crippen LogP contribution in [0.3, 0.4) is 0 Å². The molecule has 5 heteroatoms. The van der Waals surface area contributed by atoms with Gasteiger partial charge in [0.15, 0.2) is 0 Å². The van der Waals surface area contributed by atoms with E-state index >= 15 is 0 Å². The molecule has 0 bridgehead atoms. The number of carbonyl (C=O) groups is 1. The maximum absolute atomic E-state index is 11.7. The average molecular weight is 303 g/mol. The maximum Gasteiger partial charge on any atom is 0.244 e. The number of ether oxygens (including phenoxy) is 1. The van der Waals surface area contributed by atoms with Gasteiger partial charge in [-0.25, -0.2) is 5.43 Å². The minimum atomic E-state index is -0.176. The predicted molar refractivity (Wildman–Crippen MR) is 83.9 cm³/mol. The zero-order valence-corrected chi connectivity index (χ0v) is 12.3. The lowest BCUT2D eigenvalue weighted by Gasteiger charge is -2.02. The molecule has 0 saturated heterocycles. The van der Waals surface area contributed by atoms with Crippen molar-refractivity contribution in [2.75, 3.05) is 7.11 Å². The normalized spacial score (nSPS) is 10.6. The summed E-state index contributed by atoms with van der Waals surface area (Å²) in [6, 6.07) is 14.5. The number of hydrogen-bond donors (Lipinski definition) is 1. The molecule has 1 amide bonds. The smallest absolute Gasteiger partial charge is 0.244 e. The van der Waals surface area contributed by atoms with Gasteiger partial charge in [-0.2, -0.15) is 5.10 Å². The van der Waals surface area contributed by atoms with Gasteiger partial charge in [-0.15, -0.1) is 0 Å². The number of nitrogens with zero attached hydrogens (tertiary/aromatic N) is 1. The van der Waals surface area contributed by atoms with Crippen molar-refractivity contribution in [2.24, 2.45) is 5.10 Å². The van der Waals surface area contributed by atoms with Gasteiger partial charge in [0, 0.05) is 5.02 Å². The Morgan fingerprint density at radius 1 is 1.19 bits per heavy atom. The summed E-state index contributed by atoms with van der Waals surface area (Å²) in [5, 5.41) is 4.57. The molecule has 0 aliphatic carbocycles. The van der Waals surface area contributed by atoms with Crippen molar-refractivity contribution >= 4 is 23.7 Å². The average Bonchev–Trinajstić information content (AvgIpc) is 2.50. The fourth-order valence-corrected chi connectivity index (χ4v) is 1.82. The van der Waals surface area contributed by atoms with Crippen LogP contribution in [-0.2, 0) is 11.2 Å². The Balaban J connectivity index is 1.85. The fourth-order valence-electron chi connectivity index (χ4n) is 1.70. The second kappa shape index (κ2) is 7.45. The van der Waals surface area contributed by atoms with Gasteiger partial charge in [0.1, 0.15) is 5.75 Å². The quantitative estimate of drug-likeness (QED) is 0.682. The number of rotatable bonds is 5. The Morgan fingerprint density at radius 3 is 2.48 bits per heavy atom. The number of hydrazone groups is 1. The van der Waals surface area contributed by atoms with E-state index < -0.39 is 0 Å². The van der Waals surface area contributed by atoms with Crippen LogP contribution in [0.5, 0.6) is 5.75 Å². The summed E-state index contributed by atoms with van der Waals surface area (Å²) in [5.74, 6) is 0.588. The van der Waals surface area contributed by atoms with Gasteiger partial charge in [-0.05, 0) is 35.4 Å². The SMILES string of the molecule is COc1ccc(CC(=O)NN=Cc2ccc(Cl)cc2)cc1. The molecule has 0 heterocycles. The highest BCUT2D eigenvalue weighted by molar-refractivity contribution is 6.30. The third-order valence-corrected chi connectivity index (χ3v) is 3.05. The lowest BCUT2D eigenvalue weighted by atomic mass is 10.1. The van der Waals surface area contributed by atoms with E-state index in [1.54, 1.807) is 25.5 Å². The maximum atomic E-state index is 11.7. The standard InChI is InChI=1S/C16H15ClN2O2/c1-21-15-8-4-12(5-9-15)10-16(20)19-18-11-13-2-6-14(17)7-3-13/h2-9,11H,10H2,1H3,(H,19,20). The third kappa shape index (κ3) is 4.93. The van der Waals surface area contributed by atoms with Crippen LogP contribution >= 0.6 is 11.6 Å². The highest BCUT2D eigenvalue weighted by Gasteiger charge is 2.02. The van der Waals surface area contributed by atoms with Crippen LogP contribution in [0.15, 0.2) is 53.6 Å². The molecular weight excluding hydrogens is 288 g/mol. The minimum Gasteiger partial charge on any atom is -0.497 e. The van der Waals surface area contributed by atoms with Crippen molar-refractivity contribution < 1.29 is 9.53 Å². The van der Waals surface area contributed by atoms with Crippen molar-refractivity contribution in [3.63, 3.8) is 0 Å². The van der Waals surface area contributed by atoms with E-state index in [2.05, 4.69) is 10.5 Å². The Kier molecular flexibility index (Phi) is 5.35. The second-order valence-corrected chi connectivity index (χ2v) is 4.81. The molecule has 0 radical (unpaired) electrons. The van der Waals surface area contributed by atoms with Gasteiger partial charge in [0.25, 0.3) is 0 Å². The van der Waals surface area contributed by atoms with E-state index in [1.165, 1.54) is 0 Å². The van der Waals surface area contributed by atoms with Gasteiger partial charge in [0.2, 0.25) is 5.91 Å². The molecule has 0 unspecified atom stereocenters. The van der Waals surface area contributed by atoms with Gasteiger partial charge >= 0.3 is 0 Å². The van der Waals surface area contributed by atoms with E-state index in [1.807, 2.05) is 36.4 Å². The monoisotopic (exact) mass is 302 g/mol. The van der Waals surface area contributed by atoms with Crippen LogP contribution in [0.2, 0.25) is 5.02 Å². The molecule has 2 rings (SSSR count). The molecule has 2 aromatic carbocycles. The summed E-state index contributed by atoms with van der Waals surface area (Å²) < 4.78 is 5.06. The summed E-state index contributed by atoms with van der Waals surface area (Å²) in [7, 11) is 1.60. The lowest BCUT2D eigenvalue weighted by Crippen LogP contribution is -2.19. The minimum absolute atomic E-state index is 0.176. The first kappa shape index (κ1) is 15.1. The molecule has 21 heavy (non-hydrogen) atoms. The molecule has 4 nitrogen and oxygen atoms in total. The van der Waals surface area contributed by atoms with Crippen molar-refractivity contribution in [1.29, 1.82) is 0 Å². The van der Waals surface area contributed by atoms with Crippen molar-refractivity contribution in [2.45, 2.75) is 6.42 Å². The van der Waals surface area contributed by atoms with Gasteiger partial charge < -0.3 is 4.74 Å². The third-order valence-electron chi connectivity index (χ3n) is 2.80. The first-order valence-electron chi connectivity index (χ1n) is 6.38. The first-order chi connectivity index (χ1) is 10.2. The first-order valence-corrected chi connectivity index (χ1v) is 6.75. The van der Waals surface area contributed by atoms with Crippen LogP contribution in [0.25, 0.3) is 0 Å². The number of nitrogens with one attached hydrogen (secondary N) is 1. The van der Waals surface area contributed by atoms with Crippen LogP contribution in [0.1, 0.15) is 11.1 Å². The van der Waals surface area contributed by atoms with Crippen LogP contribution in [0.4, 0.5) is 0 Å². The second-order valence-electron chi connectivity index (χ2n) is 4.37. The number of halogens is 1. The zero-order valence-electron chi connectivity index (χ0n) is 11.5. The Hall–Kier alpha value is -2.33. The van der Waals surface area contributed by atoms with E-state index in [0.29, 0.717) is 5.02 Å². The summed E-state index contributed by atoms with van der Waals surface area (Å²) in [6.45, 7) is 0. The summed E-state index contributed by atoms with van der Waals surface area (Å²) in [5.41, 5.74) is 4.25. The van der Waals surface area contributed by atoms with E-state index in [9.17, 15) is 4.79 Å². The van der Waals surface area contributed by atoms with Crippen molar-refractivity contribution in [1.82, 2.24) is 5.43 Å². The van der Waals surface area contributed by atoms with E-state index in [0.717, 1.165) is 16.9 Å². The largest absolute Gasteiger partial charge is 0.497 e. The molecular formula is C16H15ClN2O2. The number of carbonyl (C=O) groups excluding carboxylic acids is 1. The molecule has 108 valence electrons. The molecule has 1 N–H and O–H groups in total. The Bertz CT molecular complexity index is 622. The zero-order chi connectivity index (χ0) is 15.1. The number of hydrogen-bond acceptors (Lipinski definition) is 3. The molecule has 0 spiro atoms. The predicted octanol–water partition coefficient (Wildman–Crippen LogP) is 3.04. The van der Waals surface area contributed by atoms with Crippen LogP contribution in [0, 0.1) is 0 Å². The topological polar surface area (TPSA) is 50.7 Å². The molecule has 0 aromatic heterocycles. The Morgan fingerprint density at radius 2 is 1.86 bits per heavy atom. The van der Waals surface area contributed by atoms with Crippen LogP contribution < -0.4 is 10.2 Å². The number of amides is 1. The lowest BCUT2D eigenvalue weighted by molar-refractivity contribution is -0.120. The molecule has 0 fully saturated rings. The molecule has 0 aliphatic rings. The molecule has 0 atom stereocenters. The van der Waals surface area contributed by atoms with Crippen molar-refractivity contribution in [3.8, 4) is 5.75 Å². The van der Waals surface area contributed by atoms with E-state index in [4.69, 9.17) is 16.3 Å². The molecule has 0 saturated carbocycles. The van der Waals surface area contributed by atoms with Gasteiger partial charge in [-0.1, -0.05) is 35.9 Å². The highest BCUT2D eigenvalue weighted by Crippen LogP contribution is 2.11. The van der Waals surface area contributed by atoms with Gasteiger partial charge in [0.05, 0.1) is 19.7 Å². The van der Waals surface area contributed by atoms with Crippen molar-refractivity contribution in [3.05, 3.63) is 64.7 Å². The summed E-state index contributed by atoms with van der Waals surface area (Å²) in [6.07, 6.45) is 1.84. The highest BCUT2D eigenvalue weighted by atomic mass is 35.5. The summed E-state index contributed by atoms with van der Waals surface area (Å²) >= 11 is 5.78. The Labute approximate surface area is 128 Å². The number of methoxy groups -OCH3 is 1. The molecule has 2 aromatic rings. The molecule has 0 aliphatic heterocycles. The van der Waals surface area contributed by atoms with E-state index in [-0.39, 0.29) is 12.3 Å². The van der Waals surface area contributed by atoms with Gasteiger partial charge in [-0.3, -0.25) is 4.79 Å².